The molecule has 0 saturated carbocycles. The molecule has 0 fully saturated rings. The molecule has 0 heterocycles. The van der Waals surface area contributed by atoms with E-state index < -0.39 is 11.6 Å². The van der Waals surface area contributed by atoms with Crippen LogP contribution in [0.25, 0.3) is 0 Å². The van der Waals surface area contributed by atoms with E-state index in [1.165, 1.54) is 12.1 Å². The van der Waals surface area contributed by atoms with E-state index in [1.54, 1.807) is 0 Å². The molecule has 0 aliphatic heterocycles. The minimum absolute atomic E-state index is 0.00875. The summed E-state index contributed by atoms with van der Waals surface area (Å²) >= 11 is 0. The third kappa shape index (κ3) is 3.56. The van der Waals surface area contributed by atoms with Gasteiger partial charge in [-0.25, -0.2) is 8.78 Å². The van der Waals surface area contributed by atoms with Gasteiger partial charge in [-0.1, -0.05) is 32.8 Å². The maximum absolute atomic E-state index is 13.6. The smallest absolute Gasteiger partial charge is 0.130 e. The molecule has 1 N–H and O–H groups in total. The first-order valence-electron chi connectivity index (χ1n) is 5.87. The maximum Gasteiger partial charge on any atom is 0.130 e. The number of rotatable bonds is 6. The van der Waals surface area contributed by atoms with E-state index in [4.69, 9.17) is 0 Å². The molecule has 90 valence electrons. The van der Waals surface area contributed by atoms with E-state index in [0.29, 0.717) is 5.56 Å². The van der Waals surface area contributed by atoms with E-state index >= 15 is 0 Å². The Kier molecular flexibility index (Phi) is 5.39. The third-order valence-electron chi connectivity index (χ3n) is 2.63. The van der Waals surface area contributed by atoms with Crippen molar-refractivity contribution in [1.29, 1.82) is 0 Å². The quantitative estimate of drug-likeness (QED) is 0.779. The zero-order chi connectivity index (χ0) is 12.0. The Balaban J connectivity index is 2.82. The van der Waals surface area contributed by atoms with Crippen molar-refractivity contribution in [3.63, 3.8) is 0 Å². The summed E-state index contributed by atoms with van der Waals surface area (Å²) in [6.45, 7) is 4.87. The van der Waals surface area contributed by atoms with Gasteiger partial charge in [0.2, 0.25) is 0 Å². The minimum atomic E-state index is -0.521. The van der Waals surface area contributed by atoms with Crippen molar-refractivity contribution < 1.29 is 8.78 Å². The lowest BCUT2D eigenvalue weighted by molar-refractivity contribution is 0.466. The lowest BCUT2D eigenvalue weighted by Gasteiger charge is -2.18. The molecule has 0 spiro atoms. The highest BCUT2D eigenvalue weighted by molar-refractivity contribution is 5.22. The van der Waals surface area contributed by atoms with Gasteiger partial charge in [-0.15, -0.1) is 0 Å². The summed E-state index contributed by atoms with van der Waals surface area (Å²) in [5.74, 6) is -0.978. The second kappa shape index (κ2) is 6.59. The number of halogens is 2. The van der Waals surface area contributed by atoms with Gasteiger partial charge in [0, 0.05) is 17.7 Å². The molecule has 0 bridgehead atoms. The zero-order valence-electron chi connectivity index (χ0n) is 9.89. The standard InChI is InChI=1S/C13H19F2N/c1-3-5-6-13(16-4-2)11-8-7-10(14)9-12(11)15/h7-9,13,16H,3-6H2,1-2H3. The molecule has 1 aromatic rings. The van der Waals surface area contributed by atoms with Gasteiger partial charge in [-0.3, -0.25) is 0 Å². The Bertz CT molecular complexity index is 326. The average molecular weight is 227 g/mol. The fourth-order valence-electron chi connectivity index (χ4n) is 1.81. The van der Waals surface area contributed by atoms with Crippen LogP contribution in [0.5, 0.6) is 0 Å². The van der Waals surface area contributed by atoms with Gasteiger partial charge in [0.25, 0.3) is 0 Å². The van der Waals surface area contributed by atoms with Crippen LogP contribution in [-0.2, 0) is 0 Å². The summed E-state index contributed by atoms with van der Waals surface area (Å²) in [6.07, 6.45) is 2.99. The number of nitrogens with one attached hydrogen (secondary N) is 1. The van der Waals surface area contributed by atoms with Gasteiger partial charge in [0.1, 0.15) is 11.6 Å². The molecule has 1 unspecified atom stereocenters. The van der Waals surface area contributed by atoms with Gasteiger partial charge in [0.05, 0.1) is 0 Å². The number of unbranched alkanes of at least 4 members (excludes halogenated alkanes) is 1. The Hall–Kier alpha value is -0.960. The van der Waals surface area contributed by atoms with Crippen LogP contribution in [0.2, 0.25) is 0 Å². The van der Waals surface area contributed by atoms with Crippen LogP contribution in [0, 0.1) is 11.6 Å². The molecule has 1 aromatic carbocycles. The Morgan fingerprint density at radius 1 is 1.25 bits per heavy atom. The number of benzene rings is 1. The normalized spacial score (nSPS) is 12.8. The largest absolute Gasteiger partial charge is 0.310 e. The summed E-state index contributed by atoms with van der Waals surface area (Å²) in [5.41, 5.74) is 0.566. The molecular weight excluding hydrogens is 208 g/mol. The molecule has 0 aliphatic rings. The Morgan fingerprint density at radius 3 is 2.56 bits per heavy atom. The van der Waals surface area contributed by atoms with Crippen LogP contribution in [0.1, 0.15) is 44.7 Å². The second-order valence-electron chi connectivity index (χ2n) is 3.92. The van der Waals surface area contributed by atoms with E-state index in [9.17, 15) is 8.78 Å². The summed E-state index contributed by atoms with van der Waals surface area (Å²) in [6, 6.07) is 3.79. The predicted octanol–water partition coefficient (Wildman–Crippen LogP) is 3.81. The fourth-order valence-corrected chi connectivity index (χ4v) is 1.81. The highest BCUT2D eigenvalue weighted by Gasteiger charge is 2.14. The average Bonchev–Trinajstić information content (AvgIpc) is 2.25. The van der Waals surface area contributed by atoms with Crippen molar-refractivity contribution in [1.82, 2.24) is 5.32 Å². The molecule has 1 atom stereocenters. The van der Waals surface area contributed by atoms with E-state index in [2.05, 4.69) is 12.2 Å². The topological polar surface area (TPSA) is 12.0 Å². The van der Waals surface area contributed by atoms with Gasteiger partial charge in [-0.2, -0.15) is 0 Å². The zero-order valence-corrected chi connectivity index (χ0v) is 9.89. The Labute approximate surface area is 95.9 Å². The summed E-state index contributed by atoms with van der Waals surface area (Å²) in [5, 5.41) is 3.23. The molecule has 0 amide bonds. The van der Waals surface area contributed by atoms with Crippen LogP contribution in [0.15, 0.2) is 18.2 Å². The molecule has 16 heavy (non-hydrogen) atoms. The lowest BCUT2D eigenvalue weighted by Crippen LogP contribution is -2.21. The van der Waals surface area contributed by atoms with Crippen LogP contribution in [0.4, 0.5) is 8.78 Å². The van der Waals surface area contributed by atoms with Crippen molar-refractivity contribution in [2.24, 2.45) is 0 Å². The van der Waals surface area contributed by atoms with E-state index in [0.717, 1.165) is 31.9 Å². The summed E-state index contributed by atoms with van der Waals surface area (Å²) < 4.78 is 26.4. The molecule has 0 aromatic heterocycles. The van der Waals surface area contributed by atoms with Gasteiger partial charge < -0.3 is 5.32 Å². The van der Waals surface area contributed by atoms with E-state index in [1.807, 2.05) is 6.92 Å². The minimum Gasteiger partial charge on any atom is -0.310 e. The van der Waals surface area contributed by atoms with E-state index in [-0.39, 0.29) is 6.04 Å². The second-order valence-corrected chi connectivity index (χ2v) is 3.92. The first-order chi connectivity index (χ1) is 7.69. The fraction of sp³-hybridized carbons (Fsp3) is 0.538. The number of hydrogen-bond acceptors (Lipinski definition) is 1. The predicted molar refractivity (Wildman–Crippen MR) is 62.3 cm³/mol. The van der Waals surface area contributed by atoms with Gasteiger partial charge in [-0.05, 0) is 19.0 Å². The molecular formula is C13H19F2N. The molecule has 0 aliphatic carbocycles. The first kappa shape index (κ1) is 13.1. The van der Waals surface area contributed by atoms with Crippen LogP contribution in [-0.4, -0.2) is 6.54 Å². The molecule has 0 saturated heterocycles. The highest BCUT2D eigenvalue weighted by atomic mass is 19.1. The van der Waals surface area contributed by atoms with Gasteiger partial charge in [0.15, 0.2) is 0 Å². The SMILES string of the molecule is CCCCC(NCC)c1ccc(F)cc1F. The van der Waals surface area contributed by atoms with Gasteiger partial charge >= 0.3 is 0 Å². The van der Waals surface area contributed by atoms with Crippen molar-refractivity contribution in [2.45, 2.75) is 39.2 Å². The van der Waals surface area contributed by atoms with Crippen molar-refractivity contribution in [3.8, 4) is 0 Å². The van der Waals surface area contributed by atoms with Crippen LogP contribution < -0.4 is 5.32 Å². The van der Waals surface area contributed by atoms with Crippen molar-refractivity contribution in [3.05, 3.63) is 35.4 Å². The van der Waals surface area contributed by atoms with Crippen molar-refractivity contribution in [2.75, 3.05) is 6.54 Å². The molecule has 0 radical (unpaired) electrons. The summed E-state index contributed by atoms with van der Waals surface area (Å²) in [7, 11) is 0. The molecule has 1 rings (SSSR count). The molecule has 1 nitrogen and oxygen atoms in total. The lowest BCUT2D eigenvalue weighted by atomic mass is 10.0. The summed E-state index contributed by atoms with van der Waals surface area (Å²) in [4.78, 5) is 0. The van der Waals surface area contributed by atoms with Crippen LogP contribution in [0.3, 0.4) is 0 Å². The third-order valence-corrected chi connectivity index (χ3v) is 2.63. The monoisotopic (exact) mass is 227 g/mol. The number of hydrogen-bond donors (Lipinski definition) is 1. The van der Waals surface area contributed by atoms with Crippen LogP contribution >= 0.6 is 0 Å². The first-order valence-corrected chi connectivity index (χ1v) is 5.87. The molecule has 3 heteroatoms. The maximum atomic E-state index is 13.6. The highest BCUT2D eigenvalue weighted by Crippen LogP contribution is 2.22. The Morgan fingerprint density at radius 2 is 2.00 bits per heavy atom. The van der Waals surface area contributed by atoms with Crippen molar-refractivity contribution >= 4 is 0 Å².